The fraction of sp³-hybridized carbons (Fsp3) is 0.323. The average Bonchev–Trinajstić information content (AvgIpc) is 2.90. The molecule has 5 heteroatoms. The predicted molar refractivity (Wildman–Crippen MR) is 147 cm³/mol. The molecule has 0 N–H and O–H groups in total. The van der Waals surface area contributed by atoms with Crippen LogP contribution in [0.4, 0.5) is 0 Å². The zero-order chi connectivity index (χ0) is 25.8. The third-order valence-electron chi connectivity index (χ3n) is 6.95. The lowest BCUT2D eigenvalue weighted by atomic mass is 10.0. The second kappa shape index (κ2) is 10.9. The molecule has 0 bridgehead atoms. The lowest BCUT2D eigenvalue weighted by Gasteiger charge is -2.32. The van der Waals surface area contributed by atoms with Gasteiger partial charge >= 0.3 is 0 Å². The molecule has 3 aromatic carbocycles. The van der Waals surface area contributed by atoms with E-state index in [0.717, 1.165) is 29.7 Å². The van der Waals surface area contributed by atoms with Crippen molar-refractivity contribution in [3.8, 4) is 5.69 Å². The van der Waals surface area contributed by atoms with Crippen LogP contribution in [0.5, 0.6) is 0 Å². The molecule has 0 radical (unpaired) electrons. The van der Waals surface area contributed by atoms with Gasteiger partial charge in [-0.05, 0) is 86.2 Å². The Balaban J connectivity index is 1.93. The minimum Gasteiger partial charge on any atom is -0.328 e. The Morgan fingerprint density at radius 1 is 0.944 bits per heavy atom. The molecule has 4 aromatic rings. The molecular formula is C31H35N3O2. The minimum atomic E-state index is -0.359. The molecule has 5 nitrogen and oxygen atoms in total. The fourth-order valence-corrected chi connectivity index (χ4v) is 4.72. The molecular weight excluding hydrogens is 446 g/mol. The van der Waals surface area contributed by atoms with Crippen LogP contribution in [0.3, 0.4) is 0 Å². The number of carbonyl (C=O) groups excluding carboxylic acids is 1. The van der Waals surface area contributed by atoms with E-state index in [2.05, 4.69) is 20.8 Å². The SMILES string of the molecule is CCCN(C(=O)c1ccc(CC)cc1)C(CC)c1nc2ccccc2c(=O)n1-c1ccc(C)c(C)c1. The molecule has 1 amide bonds. The molecule has 1 unspecified atom stereocenters. The molecule has 1 heterocycles. The normalized spacial score (nSPS) is 12.0. The van der Waals surface area contributed by atoms with E-state index in [1.54, 1.807) is 4.57 Å². The smallest absolute Gasteiger partial charge is 0.266 e. The molecule has 1 atom stereocenters. The highest BCUT2D eigenvalue weighted by molar-refractivity contribution is 5.94. The summed E-state index contributed by atoms with van der Waals surface area (Å²) in [5.41, 5.74) is 5.41. The van der Waals surface area contributed by atoms with Crippen LogP contribution in [0, 0.1) is 13.8 Å². The van der Waals surface area contributed by atoms with Gasteiger partial charge in [-0.25, -0.2) is 4.98 Å². The molecule has 4 rings (SSSR count). The summed E-state index contributed by atoms with van der Waals surface area (Å²) in [5, 5.41) is 0.567. The number of aryl methyl sites for hydroxylation is 3. The molecule has 1 aromatic heterocycles. The van der Waals surface area contributed by atoms with Crippen LogP contribution in [0.15, 0.2) is 71.5 Å². The summed E-state index contributed by atoms with van der Waals surface area (Å²) in [6, 6.07) is 20.9. The van der Waals surface area contributed by atoms with Crippen LogP contribution < -0.4 is 5.56 Å². The first-order chi connectivity index (χ1) is 17.4. The van der Waals surface area contributed by atoms with Crippen LogP contribution in [0.2, 0.25) is 0 Å². The Hall–Kier alpha value is -3.73. The molecule has 36 heavy (non-hydrogen) atoms. The van der Waals surface area contributed by atoms with Gasteiger partial charge in [0.1, 0.15) is 5.82 Å². The van der Waals surface area contributed by atoms with Crippen LogP contribution in [0.25, 0.3) is 16.6 Å². The molecule has 0 aliphatic carbocycles. The zero-order valence-electron chi connectivity index (χ0n) is 21.9. The lowest BCUT2D eigenvalue weighted by molar-refractivity contribution is 0.0659. The minimum absolute atomic E-state index is 0.0413. The van der Waals surface area contributed by atoms with E-state index in [4.69, 9.17) is 4.98 Å². The Morgan fingerprint density at radius 2 is 1.67 bits per heavy atom. The van der Waals surface area contributed by atoms with E-state index in [-0.39, 0.29) is 17.5 Å². The second-order valence-corrected chi connectivity index (χ2v) is 9.37. The number of carbonyl (C=O) groups is 1. The summed E-state index contributed by atoms with van der Waals surface area (Å²) in [7, 11) is 0. The molecule has 0 fully saturated rings. The van der Waals surface area contributed by atoms with Crippen molar-refractivity contribution in [3.05, 3.63) is 105 Å². The number of fused-ring (bicyclic) bond motifs is 1. The maximum absolute atomic E-state index is 13.9. The quantitative estimate of drug-likeness (QED) is 0.286. The number of hydrogen-bond acceptors (Lipinski definition) is 3. The number of para-hydroxylation sites is 1. The predicted octanol–water partition coefficient (Wildman–Crippen LogP) is 6.57. The lowest BCUT2D eigenvalue weighted by Crippen LogP contribution is -2.39. The van der Waals surface area contributed by atoms with Crippen LogP contribution in [-0.2, 0) is 6.42 Å². The van der Waals surface area contributed by atoms with Gasteiger partial charge in [-0.2, -0.15) is 0 Å². The van der Waals surface area contributed by atoms with Crippen LogP contribution >= 0.6 is 0 Å². The van der Waals surface area contributed by atoms with Crippen molar-refractivity contribution < 1.29 is 4.79 Å². The van der Waals surface area contributed by atoms with E-state index in [1.165, 1.54) is 5.56 Å². The first kappa shape index (κ1) is 25.4. The van der Waals surface area contributed by atoms with Gasteiger partial charge in [-0.15, -0.1) is 0 Å². The van der Waals surface area contributed by atoms with Gasteiger partial charge in [0.2, 0.25) is 0 Å². The summed E-state index contributed by atoms with van der Waals surface area (Å²) < 4.78 is 1.71. The van der Waals surface area contributed by atoms with Gasteiger partial charge in [-0.3, -0.25) is 14.2 Å². The highest BCUT2D eigenvalue weighted by atomic mass is 16.2. The van der Waals surface area contributed by atoms with Gasteiger partial charge in [0.25, 0.3) is 11.5 Å². The molecule has 0 saturated carbocycles. The van der Waals surface area contributed by atoms with Crippen molar-refractivity contribution in [2.24, 2.45) is 0 Å². The number of nitrogens with zero attached hydrogens (tertiary/aromatic N) is 3. The molecule has 0 aliphatic heterocycles. The Kier molecular flexibility index (Phi) is 7.68. The monoisotopic (exact) mass is 481 g/mol. The highest BCUT2D eigenvalue weighted by Gasteiger charge is 2.29. The largest absolute Gasteiger partial charge is 0.328 e. The molecule has 0 aliphatic rings. The molecule has 0 spiro atoms. The molecule has 0 saturated heterocycles. The molecule has 186 valence electrons. The Bertz CT molecular complexity index is 1440. The summed E-state index contributed by atoms with van der Waals surface area (Å²) in [5.74, 6) is 0.553. The standard InChI is InChI=1S/C31H35N3O2/c1-6-19-33(30(35)24-16-14-23(7-2)15-17-24)28(8-3)29-32-27-12-10-9-11-26(27)31(36)34(29)25-18-13-21(4)22(5)20-25/h9-18,20,28H,6-8,19H2,1-5H3. The van der Waals surface area contributed by atoms with Gasteiger partial charge < -0.3 is 4.90 Å². The number of amides is 1. The van der Waals surface area contributed by atoms with Crippen molar-refractivity contribution in [1.29, 1.82) is 0 Å². The topological polar surface area (TPSA) is 55.2 Å². The summed E-state index contributed by atoms with van der Waals surface area (Å²) in [4.78, 5) is 34.6. The van der Waals surface area contributed by atoms with E-state index in [9.17, 15) is 9.59 Å². The van der Waals surface area contributed by atoms with E-state index in [1.807, 2.05) is 85.5 Å². The number of aromatic nitrogens is 2. The Labute approximate surface area is 213 Å². The van der Waals surface area contributed by atoms with Crippen molar-refractivity contribution in [2.45, 2.75) is 59.9 Å². The van der Waals surface area contributed by atoms with Gasteiger partial charge in [0, 0.05) is 12.1 Å². The number of benzene rings is 3. The van der Waals surface area contributed by atoms with Crippen molar-refractivity contribution >= 4 is 16.8 Å². The summed E-state index contributed by atoms with van der Waals surface area (Å²) >= 11 is 0. The van der Waals surface area contributed by atoms with Crippen molar-refractivity contribution in [1.82, 2.24) is 14.5 Å². The van der Waals surface area contributed by atoms with Crippen molar-refractivity contribution in [3.63, 3.8) is 0 Å². The van der Waals surface area contributed by atoms with Crippen LogP contribution in [-0.4, -0.2) is 26.9 Å². The van der Waals surface area contributed by atoms with E-state index in [0.29, 0.717) is 35.3 Å². The summed E-state index contributed by atoms with van der Waals surface area (Å²) in [6.45, 7) is 10.9. The van der Waals surface area contributed by atoms with E-state index < -0.39 is 0 Å². The third-order valence-corrected chi connectivity index (χ3v) is 6.95. The highest BCUT2D eigenvalue weighted by Crippen LogP contribution is 2.28. The number of hydrogen-bond donors (Lipinski definition) is 0. The van der Waals surface area contributed by atoms with Crippen LogP contribution in [0.1, 0.15) is 72.5 Å². The first-order valence-corrected chi connectivity index (χ1v) is 12.9. The summed E-state index contributed by atoms with van der Waals surface area (Å²) in [6.07, 6.45) is 2.36. The maximum Gasteiger partial charge on any atom is 0.266 e. The van der Waals surface area contributed by atoms with E-state index >= 15 is 0 Å². The number of rotatable bonds is 8. The van der Waals surface area contributed by atoms with Gasteiger partial charge in [-0.1, -0.05) is 51.1 Å². The fourth-order valence-electron chi connectivity index (χ4n) is 4.72. The average molecular weight is 482 g/mol. The van der Waals surface area contributed by atoms with Crippen molar-refractivity contribution in [2.75, 3.05) is 6.54 Å². The third kappa shape index (κ3) is 4.83. The van der Waals surface area contributed by atoms with Gasteiger partial charge in [0.15, 0.2) is 0 Å². The first-order valence-electron chi connectivity index (χ1n) is 12.9. The van der Waals surface area contributed by atoms with Gasteiger partial charge in [0.05, 0.1) is 22.6 Å². The second-order valence-electron chi connectivity index (χ2n) is 9.37. The Morgan fingerprint density at radius 3 is 2.31 bits per heavy atom. The zero-order valence-corrected chi connectivity index (χ0v) is 21.9. The maximum atomic E-state index is 13.9.